The van der Waals surface area contributed by atoms with Crippen molar-refractivity contribution in [3.63, 3.8) is 0 Å². The van der Waals surface area contributed by atoms with Gasteiger partial charge in [0.05, 0.1) is 17.8 Å². The molecule has 0 bridgehead atoms. The van der Waals surface area contributed by atoms with Crippen molar-refractivity contribution in [3.05, 3.63) is 40.9 Å². The SMILES string of the molecule is COc1ccc(C23CC2CN(CC(C)Sc2nnc(-c4ocnc4C)n2C)C3)cc1Cl. The fraction of sp³-hybridized carbons (Fsp3) is 0.500. The Morgan fingerprint density at radius 2 is 2.23 bits per heavy atom. The zero-order valence-corrected chi connectivity index (χ0v) is 19.7. The van der Waals surface area contributed by atoms with Crippen molar-refractivity contribution in [2.75, 3.05) is 26.7 Å². The summed E-state index contributed by atoms with van der Waals surface area (Å²) >= 11 is 8.14. The van der Waals surface area contributed by atoms with E-state index >= 15 is 0 Å². The maximum absolute atomic E-state index is 6.40. The summed E-state index contributed by atoms with van der Waals surface area (Å²) in [4.78, 5) is 6.73. The van der Waals surface area contributed by atoms with Gasteiger partial charge in [-0.25, -0.2) is 4.98 Å². The number of aryl methyl sites for hydroxylation is 1. The minimum Gasteiger partial charge on any atom is -0.495 e. The number of hydrogen-bond acceptors (Lipinski definition) is 7. The quantitative estimate of drug-likeness (QED) is 0.490. The summed E-state index contributed by atoms with van der Waals surface area (Å²) < 4.78 is 12.8. The van der Waals surface area contributed by atoms with E-state index in [0.29, 0.717) is 27.8 Å². The Labute approximate surface area is 191 Å². The Bertz CT molecular complexity index is 1120. The lowest BCUT2D eigenvalue weighted by Crippen LogP contribution is -2.31. The number of oxazole rings is 1. The number of ether oxygens (including phenoxy) is 1. The summed E-state index contributed by atoms with van der Waals surface area (Å²) in [7, 11) is 3.63. The largest absolute Gasteiger partial charge is 0.495 e. The second-order valence-electron chi connectivity index (χ2n) is 8.66. The van der Waals surface area contributed by atoms with Crippen molar-refractivity contribution in [2.24, 2.45) is 13.0 Å². The van der Waals surface area contributed by atoms with Gasteiger partial charge in [0.25, 0.3) is 0 Å². The molecule has 3 atom stereocenters. The average molecular weight is 460 g/mol. The fourth-order valence-corrected chi connectivity index (χ4v) is 6.10. The number of aromatic nitrogens is 4. The second kappa shape index (κ2) is 7.83. The lowest BCUT2D eigenvalue weighted by atomic mass is 9.95. The van der Waals surface area contributed by atoms with Crippen LogP contribution in [0.25, 0.3) is 11.6 Å². The molecule has 31 heavy (non-hydrogen) atoms. The summed E-state index contributed by atoms with van der Waals surface area (Å²) in [5, 5.41) is 10.7. The van der Waals surface area contributed by atoms with E-state index in [1.807, 2.05) is 24.6 Å². The lowest BCUT2D eigenvalue weighted by molar-refractivity contribution is 0.302. The maximum atomic E-state index is 6.40. The van der Waals surface area contributed by atoms with Crippen molar-refractivity contribution < 1.29 is 9.15 Å². The first-order valence-corrected chi connectivity index (χ1v) is 11.7. The highest BCUT2D eigenvalue weighted by molar-refractivity contribution is 7.99. The van der Waals surface area contributed by atoms with Gasteiger partial charge in [-0.15, -0.1) is 10.2 Å². The number of thioether (sulfide) groups is 1. The van der Waals surface area contributed by atoms with Gasteiger partial charge in [0, 0.05) is 37.3 Å². The third kappa shape index (κ3) is 3.64. The predicted molar refractivity (Wildman–Crippen MR) is 121 cm³/mol. The molecular formula is C22H26ClN5O2S. The number of rotatable bonds is 7. The van der Waals surface area contributed by atoms with Gasteiger partial charge in [-0.3, -0.25) is 0 Å². The highest BCUT2D eigenvalue weighted by Gasteiger charge is 2.60. The zero-order valence-electron chi connectivity index (χ0n) is 18.1. The van der Waals surface area contributed by atoms with Crippen LogP contribution in [0.1, 0.15) is 24.6 Å². The maximum Gasteiger partial charge on any atom is 0.202 e. The number of methoxy groups -OCH3 is 1. The van der Waals surface area contributed by atoms with E-state index < -0.39 is 0 Å². The van der Waals surface area contributed by atoms with Crippen molar-refractivity contribution >= 4 is 23.4 Å². The first kappa shape index (κ1) is 20.8. The third-order valence-corrected chi connectivity index (χ3v) is 7.96. The number of fused-ring (bicyclic) bond motifs is 1. The Hall–Kier alpha value is -2.03. The van der Waals surface area contributed by atoms with Gasteiger partial charge in [0.1, 0.15) is 5.75 Å². The monoisotopic (exact) mass is 459 g/mol. The molecule has 1 aliphatic carbocycles. The Morgan fingerprint density at radius 3 is 2.94 bits per heavy atom. The lowest BCUT2D eigenvalue weighted by Gasteiger charge is -2.24. The molecule has 0 amide bonds. The van der Waals surface area contributed by atoms with Crippen LogP contribution in [-0.4, -0.2) is 56.6 Å². The smallest absolute Gasteiger partial charge is 0.202 e. The minimum absolute atomic E-state index is 0.252. The standard InChI is InChI=1S/C22H26ClN5O2S/c1-13(31-21-26-25-20(27(21)3)19-14(2)24-12-30-19)9-28-10-16-8-22(16,11-28)15-5-6-18(29-4)17(23)7-15/h5-7,12-13,16H,8-11H2,1-4H3. The van der Waals surface area contributed by atoms with Crippen LogP contribution in [-0.2, 0) is 12.5 Å². The number of likely N-dealkylation sites (tertiary alicyclic amines) is 1. The highest BCUT2D eigenvalue weighted by Crippen LogP contribution is 2.59. The van der Waals surface area contributed by atoms with Crippen LogP contribution in [0.2, 0.25) is 5.02 Å². The molecule has 0 N–H and O–H groups in total. The van der Waals surface area contributed by atoms with Crippen molar-refractivity contribution in [2.45, 2.75) is 36.1 Å². The Balaban J connectivity index is 1.23. The van der Waals surface area contributed by atoms with Gasteiger partial charge in [-0.2, -0.15) is 0 Å². The number of benzene rings is 1. The first-order chi connectivity index (χ1) is 14.9. The molecule has 7 nitrogen and oxygen atoms in total. The molecule has 3 heterocycles. The third-order valence-electron chi connectivity index (χ3n) is 6.55. The summed E-state index contributed by atoms with van der Waals surface area (Å²) in [6, 6.07) is 6.26. The van der Waals surface area contributed by atoms with Crippen LogP contribution in [0.3, 0.4) is 0 Å². The molecule has 0 spiro atoms. The summed E-state index contributed by atoms with van der Waals surface area (Å²) in [6.45, 7) is 7.38. The molecule has 1 aliphatic heterocycles. The number of nitrogens with zero attached hydrogens (tertiary/aromatic N) is 5. The molecule has 2 aliphatic rings. The molecule has 1 saturated heterocycles. The molecule has 2 aromatic heterocycles. The highest BCUT2D eigenvalue weighted by atomic mass is 35.5. The van der Waals surface area contributed by atoms with Crippen LogP contribution >= 0.6 is 23.4 Å². The molecule has 164 valence electrons. The molecule has 1 saturated carbocycles. The van der Waals surface area contributed by atoms with Crippen molar-refractivity contribution in [3.8, 4) is 17.3 Å². The van der Waals surface area contributed by atoms with E-state index in [0.717, 1.165) is 36.2 Å². The summed E-state index contributed by atoms with van der Waals surface area (Å²) in [6.07, 6.45) is 2.69. The average Bonchev–Trinajstić information content (AvgIpc) is 3.01. The first-order valence-electron chi connectivity index (χ1n) is 10.4. The van der Waals surface area contributed by atoms with E-state index in [4.69, 9.17) is 20.8 Å². The van der Waals surface area contributed by atoms with E-state index in [1.165, 1.54) is 18.4 Å². The molecule has 3 aromatic rings. The van der Waals surface area contributed by atoms with Gasteiger partial charge >= 0.3 is 0 Å². The van der Waals surface area contributed by atoms with Crippen molar-refractivity contribution in [1.82, 2.24) is 24.6 Å². The predicted octanol–water partition coefficient (Wildman–Crippen LogP) is 4.19. The molecule has 0 radical (unpaired) electrons. The van der Waals surface area contributed by atoms with E-state index in [2.05, 4.69) is 39.1 Å². The molecule has 2 fully saturated rings. The Kier molecular flexibility index (Phi) is 5.27. The molecular weight excluding hydrogens is 434 g/mol. The number of halogens is 1. The fourth-order valence-electron chi connectivity index (χ4n) is 4.86. The Morgan fingerprint density at radius 1 is 1.39 bits per heavy atom. The van der Waals surface area contributed by atoms with Crippen molar-refractivity contribution in [1.29, 1.82) is 0 Å². The number of piperidine rings is 1. The van der Waals surface area contributed by atoms with Crippen LogP contribution in [0.5, 0.6) is 5.75 Å². The van der Waals surface area contributed by atoms with E-state index in [9.17, 15) is 0 Å². The van der Waals surface area contributed by atoms with Gasteiger partial charge in [-0.1, -0.05) is 36.4 Å². The second-order valence-corrected chi connectivity index (χ2v) is 10.5. The van der Waals surface area contributed by atoms with Crippen LogP contribution in [0.4, 0.5) is 0 Å². The summed E-state index contributed by atoms with van der Waals surface area (Å²) in [5.41, 5.74) is 2.41. The van der Waals surface area contributed by atoms with Crippen LogP contribution in [0, 0.1) is 12.8 Å². The molecule has 1 aromatic carbocycles. The minimum atomic E-state index is 0.252. The topological polar surface area (TPSA) is 69.2 Å². The molecule has 3 unspecified atom stereocenters. The van der Waals surface area contributed by atoms with Gasteiger partial charge in [0.2, 0.25) is 5.82 Å². The van der Waals surface area contributed by atoms with Crippen LogP contribution in [0.15, 0.2) is 34.2 Å². The van der Waals surface area contributed by atoms with Gasteiger partial charge in [0.15, 0.2) is 17.3 Å². The van der Waals surface area contributed by atoms with E-state index in [1.54, 1.807) is 18.9 Å². The summed E-state index contributed by atoms with van der Waals surface area (Å²) in [5.74, 6) is 2.84. The molecule has 5 rings (SSSR count). The van der Waals surface area contributed by atoms with Gasteiger partial charge < -0.3 is 18.6 Å². The van der Waals surface area contributed by atoms with Crippen LogP contribution < -0.4 is 4.74 Å². The number of hydrogen-bond donors (Lipinski definition) is 0. The zero-order chi connectivity index (χ0) is 21.8. The van der Waals surface area contributed by atoms with Gasteiger partial charge in [-0.05, 0) is 37.0 Å². The molecule has 9 heteroatoms. The normalized spacial score (nSPS) is 23.7. The van der Waals surface area contributed by atoms with E-state index in [-0.39, 0.29) is 5.41 Å².